The number of nitrogens with one attached hydrogen (secondary N) is 1. The van der Waals surface area contributed by atoms with Gasteiger partial charge in [-0.15, -0.1) is 11.3 Å². The Labute approximate surface area is 151 Å². The highest BCUT2D eigenvalue weighted by molar-refractivity contribution is 7.17. The van der Waals surface area contributed by atoms with Gasteiger partial charge in [0.1, 0.15) is 0 Å². The van der Waals surface area contributed by atoms with Gasteiger partial charge in [0.05, 0.1) is 6.20 Å². The van der Waals surface area contributed by atoms with Gasteiger partial charge in [0, 0.05) is 42.0 Å². The SMILES string of the molecule is O=C(O)C(F)(F)F.c1cc2cc(CN3CCc4[nH]ncc4C3)ccc2s1. The van der Waals surface area contributed by atoms with Crippen LogP contribution in [0.3, 0.4) is 0 Å². The smallest absolute Gasteiger partial charge is 0.475 e. The minimum Gasteiger partial charge on any atom is -0.475 e. The standard InChI is InChI=1S/C15H15N3S.C2HF3O2/c1-2-15-12(4-6-19-15)7-11(1)9-18-5-3-14-13(10-18)8-16-17-14;3-2(4,5)1(6)7/h1-2,4,6-8H,3,5,9-10H2,(H,16,17);(H,6,7). The summed E-state index contributed by atoms with van der Waals surface area (Å²) in [6, 6.07) is 9.01. The third-order valence-corrected chi connectivity index (χ3v) is 4.94. The Hall–Kier alpha value is -2.39. The number of alkyl halides is 3. The normalized spacial score (nSPS) is 14.6. The lowest BCUT2D eigenvalue weighted by molar-refractivity contribution is -0.192. The molecule has 1 aromatic carbocycles. The quantitative estimate of drug-likeness (QED) is 0.706. The average Bonchev–Trinajstić information content (AvgIpc) is 3.22. The van der Waals surface area contributed by atoms with Crippen molar-refractivity contribution in [2.24, 2.45) is 0 Å². The molecule has 0 fully saturated rings. The maximum atomic E-state index is 10.6. The van der Waals surface area contributed by atoms with Crippen LogP contribution < -0.4 is 0 Å². The molecule has 0 saturated heterocycles. The highest BCUT2D eigenvalue weighted by Crippen LogP contribution is 2.24. The van der Waals surface area contributed by atoms with Crippen LogP contribution in [0.5, 0.6) is 0 Å². The first-order valence-corrected chi connectivity index (χ1v) is 8.70. The fraction of sp³-hybridized carbons (Fsp3) is 0.294. The van der Waals surface area contributed by atoms with Crippen molar-refractivity contribution in [1.29, 1.82) is 0 Å². The predicted octanol–water partition coefficient (Wildman–Crippen LogP) is 3.82. The number of carboxylic acid groups (broad SMARTS) is 1. The first kappa shape index (κ1) is 18.4. The second-order valence-electron chi connectivity index (χ2n) is 5.93. The van der Waals surface area contributed by atoms with Crippen LogP contribution in [0.25, 0.3) is 10.1 Å². The molecule has 3 heterocycles. The zero-order valence-corrected chi connectivity index (χ0v) is 14.4. The lowest BCUT2D eigenvalue weighted by atomic mass is 10.1. The van der Waals surface area contributed by atoms with Crippen LogP contribution in [0, 0.1) is 0 Å². The number of thiophene rings is 1. The molecular weight excluding hydrogens is 367 g/mol. The van der Waals surface area contributed by atoms with Crippen molar-refractivity contribution in [2.75, 3.05) is 6.54 Å². The summed E-state index contributed by atoms with van der Waals surface area (Å²) in [7, 11) is 0. The zero-order valence-electron chi connectivity index (χ0n) is 13.6. The number of benzene rings is 1. The molecule has 0 spiro atoms. The summed E-state index contributed by atoms with van der Waals surface area (Å²) in [6.07, 6.45) is -2.04. The lowest BCUT2D eigenvalue weighted by Crippen LogP contribution is -2.29. The predicted molar refractivity (Wildman–Crippen MR) is 91.9 cm³/mol. The first-order valence-electron chi connectivity index (χ1n) is 7.82. The van der Waals surface area contributed by atoms with Gasteiger partial charge in [-0.2, -0.15) is 18.3 Å². The third kappa shape index (κ3) is 4.41. The van der Waals surface area contributed by atoms with E-state index in [2.05, 4.69) is 44.7 Å². The number of rotatable bonds is 2. The minimum absolute atomic E-state index is 1.01. The second kappa shape index (κ2) is 7.46. The molecule has 0 aliphatic carbocycles. The molecule has 0 amide bonds. The van der Waals surface area contributed by atoms with Crippen molar-refractivity contribution in [1.82, 2.24) is 15.1 Å². The van der Waals surface area contributed by atoms with Gasteiger partial charge in [-0.3, -0.25) is 10.00 Å². The highest BCUT2D eigenvalue weighted by atomic mass is 32.1. The molecule has 1 aliphatic rings. The number of nitrogens with zero attached hydrogens (tertiary/aromatic N) is 2. The number of carboxylic acids is 1. The molecular formula is C17H16F3N3O2S. The van der Waals surface area contributed by atoms with Crippen molar-refractivity contribution in [2.45, 2.75) is 25.7 Å². The van der Waals surface area contributed by atoms with E-state index in [0.717, 1.165) is 26.1 Å². The summed E-state index contributed by atoms with van der Waals surface area (Å²) in [5, 5.41) is 17.9. The number of hydrogen-bond acceptors (Lipinski definition) is 4. The molecule has 138 valence electrons. The monoisotopic (exact) mass is 383 g/mol. The van der Waals surface area contributed by atoms with E-state index in [1.807, 2.05) is 17.5 Å². The van der Waals surface area contributed by atoms with E-state index in [9.17, 15) is 13.2 Å². The van der Waals surface area contributed by atoms with Crippen LogP contribution in [-0.2, 0) is 24.3 Å². The van der Waals surface area contributed by atoms with Crippen LogP contribution in [0.2, 0.25) is 0 Å². The van der Waals surface area contributed by atoms with Crippen molar-refractivity contribution >= 4 is 27.4 Å². The molecule has 0 atom stereocenters. The maximum Gasteiger partial charge on any atom is 0.490 e. The van der Waals surface area contributed by atoms with E-state index < -0.39 is 12.1 Å². The van der Waals surface area contributed by atoms with Gasteiger partial charge in [0.15, 0.2) is 0 Å². The number of H-pyrrole nitrogens is 1. The fourth-order valence-corrected chi connectivity index (χ4v) is 3.56. The zero-order chi connectivity index (χ0) is 18.7. The number of aromatic nitrogens is 2. The van der Waals surface area contributed by atoms with Crippen LogP contribution in [0.4, 0.5) is 13.2 Å². The Morgan fingerprint density at radius 2 is 2.12 bits per heavy atom. The molecule has 2 N–H and O–H groups in total. The van der Waals surface area contributed by atoms with Gasteiger partial charge < -0.3 is 5.11 Å². The Morgan fingerprint density at radius 3 is 2.85 bits per heavy atom. The Balaban J connectivity index is 0.000000242. The third-order valence-electron chi connectivity index (χ3n) is 4.04. The highest BCUT2D eigenvalue weighted by Gasteiger charge is 2.38. The van der Waals surface area contributed by atoms with Gasteiger partial charge in [0.2, 0.25) is 0 Å². The average molecular weight is 383 g/mol. The summed E-state index contributed by atoms with van der Waals surface area (Å²) in [4.78, 5) is 11.4. The Bertz CT molecular complexity index is 904. The summed E-state index contributed by atoms with van der Waals surface area (Å²) in [5.74, 6) is -2.76. The van der Waals surface area contributed by atoms with Crippen molar-refractivity contribution in [3.05, 3.63) is 52.7 Å². The number of halogens is 3. The summed E-state index contributed by atoms with van der Waals surface area (Å²) in [6.45, 7) is 3.14. The molecule has 0 bridgehead atoms. The fourth-order valence-electron chi connectivity index (χ4n) is 2.79. The molecule has 26 heavy (non-hydrogen) atoms. The van der Waals surface area contributed by atoms with Crippen LogP contribution in [0.1, 0.15) is 16.8 Å². The minimum atomic E-state index is -5.08. The molecule has 5 nitrogen and oxygen atoms in total. The Morgan fingerprint density at radius 1 is 1.35 bits per heavy atom. The van der Waals surface area contributed by atoms with E-state index in [1.165, 1.54) is 26.9 Å². The number of fused-ring (bicyclic) bond motifs is 2. The molecule has 0 radical (unpaired) electrons. The molecule has 1 aliphatic heterocycles. The topological polar surface area (TPSA) is 69.2 Å². The molecule has 3 aromatic rings. The largest absolute Gasteiger partial charge is 0.490 e. The lowest BCUT2D eigenvalue weighted by Gasteiger charge is -2.26. The van der Waals surface area contributed by atoms with Crippen LogP contribution in [0.15, 0.2) is 35.8 Å². The molecule has 4 rings (SSSR count). The van der Waals surface area contributed by atoms with Crippen LogP contribution >= 0.6 is 11.3 Å². The molecule has 2 aromatic heterocycles. The van der Waals surface area contributed by atoms with E-state index in [1.54, 1.807) is 0 Å². The van der Waals surface area contributed by atoms with E-state index in [-0.39, 0.29) is 0 Å². The van der Waals surface area contributed by atoms with E-state index in [4.69, 9.17) is 9.90 Å². The van der Waals surface area contributed by atoms with Gasteiger partial charge in [-0.1, -0.05) is 6.07 Å². The number of aromatic amines is 1. The maximum absolute atomic E-state index is 10.6. The van der Waals surface area contributed by atoms with Gasteiger partial charge >= 0.3 is 12.1 Å². The number of aliphatic carboxylic acids is 1. The van der Waals surface area contributed by atoms with Crippen molar-refractivity contribution in [3.63, 3.8) is 0 Å². The van der Waals surface area contributed by atoms with Crippen LogP contribution in [-0.4, -0.2) is 38.9 Å². The molecule has 0 saturated carbocycles. The van der Waals surface area contributed by atoms with Crippen molar-refractivity contribution in [3.8, 4) is 0 Å². The molecule has 9 heteroatoms. The van der Waals surface area contributed by atoms with Gasteiger partial charge in [0.25, 0.3) is 0 Å². The van der Waals surface area contributed by atoms with Crippen molar-refractivity contribution < 1.29 is 23.1 Å². The number of carbonyl (C=O) groups is 1. The summed E-state index contributed by atoms with van der Waals surface area (Å²) >= 11 is 1.81. The number of hydrogen-bond donors (Lipinski definition) is 2. The molecule has 0 unspecified atom stereocenters. The van der Waals surface area contributed by atoms with Gasteiger partial charge in [-0.25, -0.2) is 4.79 Å². The Kier molecular flexibility index (Phi) is 5.28. The second-order valence-corrected chi connectivity index (χ2v) is 6.88. The van der Waals surface area contributed by atoms with Gasteiger partial charge in [-0.05, 0) is 34.5 Å². The summed E-state index contributed by atoms with van der Waals surface area (Å²) in [5.41, 5.74) is 4.06. The van der Waals surface area contributed by atoms with E-state index >= 15 is 0 Å². The first-order chi connectivity index (χ1) is 12.3. The summed E-state index contributed by atoms with van der Waals surface area (Å²) < 4.78 is 33.1. The van der Waals surface area contributed by atoms with E-state index in [0.29, 0.717) is 0 Å².